The largest absolute Gasteiger partial charge is 0.478 e. The second kappa shape index (κ2) is 5.80. The summed E-state index contributed by atoms with van der Waals surface area (Å²) in [7, 11) is 0. The van der Waals surface area contributed by atoms with Crippen LogP contribution in [-0.2, 0) is 4.79 Å². The molecule has 20 heavy (non-hydrogen) atoms. The van der Waals surface area contributed by atoms with E-state index in [1.165, 1.54) is 0 Å². The van der Waals surface area contributed by atoms with E-state index in [0.29, 0.717) is 5.57 Å². The third-order valence-corrected chi connectivity index (χ3v) is 4.46. The third-order valence-electron chi connectivity index (χ3n) is 4.46. The van der Waals surface area contributed by atoms with E-state index in [0.717, 1.165) is 50.0 Å². The van der Waals surface area contributed by atoms with Gasteiger partial charge in [-0.15, -0.1) is 0 Å². The molecule has 0 aromatic heterocycles. The number of carboxylic acids is 1. The van der Waals surface area contributed by atoms with E-state index >= 15 is 0 Å². The summed E-state index contributed by atoms with van der Waals surface area (Å²) in [5.41, 5.74) is 2.03. The number of rotatable bonds is 5. The molecule has 2 rings (SSSR count). The fourth-order valence-electron chi connectivity index (χ4n) is 3.46. The SMILES string of the molecule is C=CC1=C(C=C)C2(C=C1C(=O)O)CCN(CCC)CC2. The third kappa shape index (κ3) is 2.38. The van der Waals surface area contributed by atoms with Crippen molar-refractivity contribution >= 4 is 5.97 Å². The van der Waals surface area contributed by atoms with Crippen LogP contribution in [0, 0.1) is 5.41 Å². The van der Waals surface area contributed by atoms with Crippen molar-refractivity contribution in [3.63, 3.8) is 0 Å². The lowest BCUT2D eigenvalue weighted by Crippen LogP contribution is -2.39. The van der Waals surface area contributed by atoms with E-state index in [1.807, 2.05) is 12.2 Å². The Morgan fingerprint density at radius 1 is 1.40 bits per heavy atom. The van der Waals surface area contributed by atoms with E-state index in [-0.39, 0.29) is 5.41 Å². The minimum Gasteiger partial charge on any atom is -0.478 e. The number of piperidine rings is 1. The van der Waals surface area contributed by atoms with Crippen molar-refractivity contribution in [1.82, 2.24) is 4.90 Å². The molecule has 0 atom stereocenters. The minimum atomic E-state index is -0.868. The van der Waals surface area contributed by atoms with Crippen LogP contribution in [0.3, 0.4) is 0 Å². The average molecular weight is 273 g/mol. The number of carbonyl (C=O) groups is 1. The van der Waals surface area contributed by atoms with Gasteiger partial charge in [-0.1, -0.05) is 38.3 Å². The summed E-state index contributed by atoms with van der Waals surface area (Å²) in [5.74, 6) is -0.868. The van der Waals surface area contributed by atoms with Gasteiger partial charge >= 0.3 is 5.97 Å². The van der Waals surface area contributed by atoms with Gasteiger partial charge in [-0.2, -0.15) is 0 Å². The molecule has 0 bridgehead atoms. The van der Waals surface area contributed by atoms with Crippen LogP contribution in [0.25, 0.3) is 0 Å². The number of hydrogen-bond donors (Lipinski definition) is 1. The van der Waals surface area contributed by atoms with Crippen molar-refractivity contribution < 1.29 is 9.90 Å². The predicted octanol–water partition coefficient (Wildman–Crippen LogP) is 3.17. The van der Waals surface area contributed by atoms with Crippen molar-refractivity contribution in [3.05, 3.63) is 48.1 Å². The molecule has 1 aliphatic carbocycles. The lowest BCUT2D eigenvalue weighted by molar-refractivity contribution is -0.132. The number of carboxylic acid groups (broad SMARTS) is 1. The Hall–Kier alpha value is -1.61. The summed E-state index contributed by atoms with van der Waals surface area (Å²) in [4.78, 5) is 13.9. The molecule has 1 fully saturated rings. The molecule has 0 aromatic carbocycles. The summed E-state index contributed by atoms with van der Waals surface area (Å²) in [6.07, 6.45) is 8.49. The van der Waals surface area contributed by atoms with Crippen LogP contribution in [0.5, 0.6) is 0 Å². The molecular weight excluding hydrogens is 250 g/mol. The zero-order valence-electron chi connectivity index (χ0n) is 12.2. The zero-order valence-corrected chi connectivity index (χ0v) is 12.2. The fraction of sp³-hybridized carbons (Fsp3) is 0.471. The number of aliphatic carboxylic acids is 1. The highest BCUT2D eigenvalue weighted by Gasteiger charge is 2.41. The van der Waals surface area contributed by atoms with E-state index in [4.69, 9.17) is 0 Å². The highest BCUT2D eigenvalue weighted by atomic mass is 16.4. The van der Waals surface area contributed by atoms with E-state index in [9.17, 15) is 9.90 Å². The molecule has 0 saturated carbocycles. The van der Waals surface area contributed by atoms with Crippen LogP contribution < -0.4 is 0 Å². The summed E-state index contributed by atoms with van der Waals surface area (Å²) in [6.45, 7) is 13.0. The maximum atomic E-state index is 11.4. The highest BCUT2D eigenvalue weighted by molar-refractivity contribution is 5.95. The lowest BCUT2D eigenvalue weighted by Gasteiger charge is -2.39. The zero-order chi connectivity index (χ0) is 14.8. The van der Waals surface area contributed by atoms with Crippen LogP contribution in [0.15, 0.2) is 48.1 Å². The maximum absolute atomic E-state index is 11.4. The summed E-state index contributed by atoms with van der Waals surface area (Å²) in [5, 5.41) is 9.38. The predicted molar refractivity (Wildman–Crippen MR) is 81.5 cm³/mol. The van der Waals surface area contributed by atoms with Gasteiger partial charge < -0.3 is 10.0 Å². The van der Waals surface area contributed by atoms with Crippen LogP contribution >= 0.6 is 0 Å². The molecule has 3 heteroatoms. The molecule has 2 aliphatic rings. The fourth-order valence-corrected chi connectivity index (χ4v) is 3.46. The Balaban J connectivity index is 2.32. The first-order valence-electron chi connectivity index (χ1n) is 7.26. The standard InChI is InChI=1S/C17H23NO2/c1-4-9-18-10-7-17(8-11-18)12-14(16(19)20)13(5-2)15(17)6-3/h5-6,12H,2-4,7-11H2,1H3,(H,19,20). The number of allylic oxidation sites excluding steroid dienone is 4. The molecule has 0 radical (unpaired) electrons. The quantitative estimate of drug-likeness (QED) is 0.836. The molecular formula is C17H23NO2. The van der Waals surface area contributed by atoms with Crippen LogP contribution in [-0.4, -0.2) is 35.6 Å². The monoisotopic (exact) mass is 273 g/mol. The Morgan fingerprint density at radius 2 is 2.05 bits per heavy atom. The Morgan fingerprint density at radius 3 is 2.50 bits per heavy atom. The van der Waals surface area contributed by atoms with Gasteiger partial charge in [0, 0.05) is 5.41 Å². The first-order chi connectivity index (χ1) is 9.57. The van der Waals surface area contributed by atoms with Crippen molar-refractivity contribution in [3.8, 4) is 0 Å². The number of nitrogens with zero attached hydrogens (tertiary/aromatic N) is 1. The van der Waals surface area contributed by atoms with Gasteiger partial charge in [0.25, 0.3) is 0 Å². The summed E-state index contributed by atoms with van der Waals surface area (Å²) in [6, 6.07) is 0. The van der Waals surface area contributed by atoms with Crippen molar-refractivity contribution in [2.75, 3.05) is 19.6 Å². The van der Waals surface area contributed by atoms with Crippen molar-refractivity contribution in [1.29, 1.82) is 0 Å². The van der Waals surface area contributed by atoms with Gasteiger partial charge in [0.15, 0.2) is 0 Å². The Bertz CT molecular complexity index is 491. The average Bonchev–Trinajstić information content (AvgIpc) is 2.75. The molecule has 1 saturated heterocycles. The molecule has 3 nitrogen and oxygen atoms in total. The number of likely N-dealkylation sites (tertiary alicyclic amines) is 1. The van der Waals surface area contributed by atoms with E-state index in [1.54, 1.807) is 6.08 Å². The smallest absolute Gasteiger partial charge is 0.336 e. The first kappa shape index (κ1) is 14.8. The molecule has 1 N–H and O–H groups in total. The molecule has 1 aliphatic heterocycles. The van der Waals surface area contributed by atoms with Crippen LogP contribution in [0.1, 0.15) is 26.2 Å². The molecule has 1 heterocycles. The topological polar surface area (TPSA) is 40.5 Å². The van der Waals surface area contributed by atoms with E-state index < -0.39 is 5.97 Å². The molecule has 108 valence electrons. The summed E-state index contributed by atoms with van der Waals surface area (Å²) < 4.78 is 0. The first-order valence-corrected chi connectivity index (χ1v) is 7.26. The summed E-state index contributed by atoms with van der Waals surface area (Å²) >= 11 is 0. The van der Waals surface area contributed by atoms with Gasteiger partial charge in [0.2, 0.25) is 0 Å². The highest BCUT2D eigenvalue weighted by Crippen LogP contribution is 2.49. The van der Waals surface area contributed by atoms with Gasteiger partial charge in [-0.3, -0.25) is 0 Å². The van der Waals surface area contributed by atoms with Gasteiger partial charge in [-0.05, 0) is 50.0 Å². The maximum Gasteiger partial charge on any atom is 0.336 e. The minimum absolute atomic E-state index is 0.150. The van der Waals surface area contributed by atoms with Gasteiger partial charge in [0.1, 0.15) is 0 Å². The molecule has 0 unspecified atom stereocenters. The van der Waals surface area contributed by atoms with Crippen molar-refractivity contribution in [2.24, 2.45) is 5.41 Å². The number of hydrogen-bond acceptors (Lipinski definition) is 2. The second-order valence-electron chi connectivity index (χ2n) is 5.60. The van der Waals surface area contributed by atoms with Crippen LogP contribution in [0.2, 0.25) is 0 Å². The Kier molecular flexibility index (Phi) is 4.29. The molecule has 0 aromatic rings. The van der Waals surface area contributed by atoms with Gasteiger partial charge in [-0.25, -0.2) is 4.79 Å². The second-order valence-corrected chi connectivity index (χ2v) is 5.60. The molecule has 0 amide bonds. The molecule has 1 spiro atoms. The van der Waals surface area contributed by atoms with Gasteiger partial charge in [0.05, 0.1) is 5.57 Å². The van der Waals surface area contributed by atoms with Crippen LogP contribution in [0.4, 0.5) is 0 Å². The lowest BCUT2D eigenvalue weighted by atomic mass is 9.73. The van der Waals surface area contributed by atoms with E-state index in [2.05, 4.69) is 25.0 Å². The normalized spacial score (nSPS) is 21.9. The van der Waals surface area contributed by atoms with Crippen molar-refractivity contribution in [2.45, 2.75) is 26.2 Å². The Labute approximate surface area is 121 Å².